The summed E-state index contributed by atoms with van der Waals surface area (Å²) in [5.41, 5.74) is 1.97. The fourth-order valence-electron chi connectivity index (χ4n) is 4.29. The van der Waals surface area contributed by atoms with E-state index in [0.29, 0.717) is 11.8 Å². The third-order valence-electron chi connectivity index (χ3n) is 5.52. The average molecular weight is 294 g/mol. The van der Waals surface area contributed by atoms with E-state index in [0.717, 1.165) is 36.0 Å². The predicted octanol–water partition coefficient (Wildman–Crippen LogP) is 3.16. The van der Waals surface area contributed by atoms with E-state index >= 15 is 0 Å². The maximum Gasteiger partial charge on any atom is 0.0952 e. The highest BCUT2D eigenvalue weighted by atomic mass is 16.3. The lowest BCUT2D eigenvalue weighted by Crippen LogP contribution is -2.54. The molecule has 5 atom stereocenters. The van der Waals surface area contributed by atoms with Crippen LogP contribution in [0.15, 0.2) is 49.2 Å². The molecule has 4 unspecified atom stereocenters. The lowest BCUT2D eigenvalue weighted by molar-refractivity contribution is -0.0444. The summed E-state index contributed by atoms with van der Waals surface area (Å²) in [6.45, 7) is 6.11. The van der Waals surface area contributed by atoms with E-state index in [-0.39, 0.29) is 6.04 Å². The van der Waals surface area contributed by atoms with Gasteiger partial charge < -0.3 is 5.11 Å². The number of benzene rings is 1. The number of pyridine rings is 1. The average Bonchev–Trinajstić information content (AvgIpc) is 2.60. The zero-order chi connectivity index (χ0) is 15.1. The van der Waals surface area contributed by atoms with E-state index in [4.69, 9.17) is 0 Å². The highest BCUT2D eigenvalue weighted by Gasteiger charge is 2.42. The van der Waals surface area contributed by atoms with Crippen molar-refractivity contribution in [2.45, 2.75) is 25.0 Å². The maximum atomic E-state index is 11.0. The van der Waals surface area contributed by atoms with E-state index < -0.39 is 6.10 Å². The van der Waals surface area contributed by atoms with Crippen molar-refractivity contribution in [3.63, 3.8) is 0 Å². The Hall–Kier alpha value is -1.71. The van der Waals surface area contributed by atoms with Crippen LogP contribution in [0.3, 0.4) is 0 Å². The van der Waals surface area contributed by atoms with Gasteiger partial charge in [0, 0.05) is 24.2 Å². The molecule has 114 valence electrons. The first-order chi connectivity index (χ1) is 10.8. The fourth-order valence-corrected chi connectivity index (χ4v) is 4.29. The topological polar surface area (TPSA) is 36.4 Å². The molecule has 22 heavy (non-hydrogen) atoms. The molecule has 3 aliphatic heterocycles. The fraction of sp³-hybridized carbons (Fsp3) is 0.421. The molecule has 0 amide bonds. The van der Waals surface area contributed by atoms with Gasteiger partial charge in [-0.1, -0.05) is 24.3 Å². The van der Waals surface area contributed by atoms with Gasteiger partial charge in [-0.3, -0.25) is 9.88 Å². The standard InChI is InChI=1S/C19H22N2O/c1-2-13-12-21-10-8-14(13)11-18(21)19(22)16-7-9-20-17-6-4-3-5-15(16)17/h2-7,9,13-14,18-19,22H,1,8,10-12H2/t13?,14-,18?,19?/m1/s1. The van der Waals surface area contributed by atoms with Gasteiger partial charge in [-0.25, -0.2) is 0 Å². The van der Waals surface area contributed by atoms with Crippen molar-refractivity contribution < 1.29 is 5.11 Å². The Labute approximate surface area is 131 Å². The van der Waals surface area contributed by atoms with Crippen LogP contribution in [0, 0.1) is 11.8 Å². The molecule has 3 aliphatic rings. The van der Waals surface area contributed by atoms with Gasteiger partial charge in [0.1, 0.15) is 0 Å². The third-order valence-corrected chi connectivity index (χ3v) is 5.52. The first kappa shape index (κ1) is 13.9. The van der Waals surface area contributed by atoms with Crippen molar-refractivity contribution in [2.24, 2.45) is 11.8 Å². The first-order valence-electron chi connectivity index (χ1n) is 8.16. The minimum absolute atomic E-state index is 0.223. The van der Waals surface area contributed by atoms with Crippen molar-refractivity contribution in [1.29, 1.82) is 0 Å². The van der Waals surface area contributed by atoms with Crippen LogP contribution >= 0.6 is 0 Å². The molecule has 1 aromatic heterocycles. The number of nitrogens with zero attached hydrogens (tertiary/aromatic N) is 2. The van der Waals surface area contributed by atoms with Crippen molar-refractivity contribution in [2.75, 3.05) is 13.1 Å². The zero-order valence-corrected chi connectivity index (χ0v) is 12.7. The zero-order valence-electron chi connectivity index (χ0n) is 12.7. The number of hydrogen-bond donors (Lipinski definition) is 1. The normalized spacial score (nSPS) is 32.0. The molecular weight excluding hydrogens is 272 g/mol. The summed E-state index contributed by atoms with van der Waals surface area (Å²) in [7, 11) is 0. The van der Waals surface area contributed by atoms with Crippen LogP contribution < -0.4 is 0 Å². The lowest BCUT2D eigenvalue weighted by atomic mass is 9.73. The van der Waals surface area contributed by atoms with Gasteiger partial charge in [-0.15, -0.1) is 6.58 Å². The Bertz CT molecular complexity index is 693. The molecule has 1 aromatic carbocycles. The van der Waals surface area contributed by atoms with Gasteiger partial charge in [-0.05, 0) is 48.9 Å². The Kier molecular flexibility index (Phi) is 3.47. The minimum atomic E-state index is -0.443. The summed E-state index contributed by atoms with van der Waals surface area (Å²) in [5.74, 6) is 1.27. The summed E-state index contributed by atoms with van der Waals surface area (Å²) in [4.78, 5) is 6.86. The highest BCUT2D eigenvalue weighted by molar-refractivity contribution is 5.82. The quantitative estimate of drug-likeness (QED) is 0.883. The van der Waals surface area contributed by atoms with Gasteiger partial charge >= 0.3 is 0 Å². The predicted molar refractivity (Wildman–Crippen MR) is 88.5 cm³/mol. The molecule has 4 heterocycles. The molecule has 2 aromatic rings. The number of fused-ring (bicyclic) bond motifs is 4. The van der Waals surface area contributed by atoms with Gasteiger partial charge in [0.15, 0.2) is 0 Å². The molecule has 0 aliphatic carbocycles. The second-order valence-electron chi connectivity index (χ2n) is 6.61. The van der Waals surface area contributed by atoms with Crippen LogP contribution in [0.4, 0.5) is 0 Å². The van der Waals surface area contributed by atoms with E-state index in [1.165, 1.54) is 6.42 Å². The number of para-hydroxylation sites is 1. The molecule has 3 heteroatoms. The molecule has 0 saturated carbocycles. The van der Waals surface area contributed by atoms with Crippen LogP contribution in [0.25, 0.3) is 10.9 Å². The second-order valence-corrected chi connectivity index (χ2v) is 6.61. The maximum absolute atomic E-state index is 11.0. The smallest absolute Gasteiger partial charge is 0.0952 e. The van der Waals surface area contributed by atoms with Crippen LogP contribution in [-0.4, -0.2) is 34.1 Å². The summed E-state index contributed by atoms with van der Waals surface area (Å²) < 4.78 is 0. The lowest BCUT2D eigenvalue weighted by Gasteiger charge is -2.50. The summed E-state index contributed by atoms with van der Waals surface area (Å²) in [6, 6.07) is 10.3. The second kappa shape index (κ2) is 5.49. The van der Waals surface area contributed by atoms with Gasteiger partial charge in [0.05, 0.1) is 11.6 Å². The molecular formula is C19H22N2O. The number of aromatic nitrogens is 1. The van der Waals surface area contributed by atoms with E-state index in [9.17, 15) is 5.11 Å². The molecule has 2 bridgehead atoms. The Balaban J connectivity index is 1.67. The third kappa shape index (κ3) is 2.16. The number of aliphatic hydroxyl groups is 1. The summed E-state index contributed by atoms with van der Waals surface area (Å²) >= 11 is 0. The monoisotopic (exact) mass is 294 g/mol. The largest absolute Gasteiger partial charge is 0.387 e. The van der Waals surface area contributed by atoms with Crippen LogP contribution in [-0.2, 0) is 0 Å². The molecule has 1 N–H and O–H groups in total. The van der Waals surface area contributed by atoms with Crippen molar-refractivity contribution >= 4 is 10.9 Å². The van der Waals surface area contributed by atoms with E-state index in [1.54, 1.807) is 0 Å². The summed E-state index contributed by atoms with van der Waals surface area (Å²) in [6.07, 6.45) is 5.76. The molecule has 0 radical (unpaired) electrons. The Morgan fingerprint density at radius 2 is 2.18 bits per heavy atom. The van der Waals surface area contributed by atoms with Gasteiger partial charge in [-0.2, -0.15) is 0 Å². The Morgan fingerprint density at radius 1 is 1.32 bits per heavy atom. The number of piperidine rings is 3. The van der Waals surface area contributed by atoms with E-state index in [2.05, 4.69) is 28.6 Å². The Morgan fingerprint density at radius 3 is 2.95 bits per heavy atom. The molecule has 3 nitrogen and oxygen atoms in total. The SMILES string of the molecule is C=CC1CN2CC[C@@H]1CC2C(O)c1ccnc2ccccc12. The molecule has 3 fully saturated rings. The summed E-state index contributed by atoms with van der Waals surface area (Å²) in [5, 5.41) is 12.1. The molecule has 0 spiro atoms. The van der Waals surface area contributed by atoms with Crippen molar-refractivity contribution in [3.05, 3.63) is 54.7 Å². The van der Waals surface area contributed by atoms with Crippen LogP contribution in [0.2, 0.25) is 0 Å². The number of rotatable bonds is 3. The highest BCUT2D eigenvalue weighted by Crippen LogP contribution is 2.41. The van der Waals surface area contributed by atoms with E-state index in [1.807, 2.05) is 30.5 Å². The van der Waals surface area contributed by atoms with Crippen molar-refractivity contribution in [1.82, 2.24) is 9.88 Å². The molecule has 5 rings (SSSR count). The van der Waals surface area contributed by atoms with Gasteiger partial charge in [0.2, 0.25) is 0 Å². The van der Waals surface area contributed by atoms with Crippen LogP contribution in [0.1, 0.15) is 24.5 Å². The van der Waals surface area contributed by atoms with Gasteiger partial charge in [0.25, 0.3) is 0 Å². The minimum Gasteiger partial charge on any atom is -0.387 e. The molecule has 3 saturated heterocycles. The number of hydrogen-bond acceptors (Lipinski definition) is 3. The van der Waals surface area contributed by atoms with Crippen molar-refractivity contribution in [3.8, 4) is 0 Å². The number of aliphatic hydroxyl groups excluding tert-OH is 1. The first-order valence-corrected chi connectivity index (χ1v) is 8.16. The van der Waals surface area contributed by atoms with Crippen LogP contribution in [0.5, 0.6) is 0 Å².